The molecule has 0 bridgehead atoms. The first kappa shape index (κ1) is 33.2. The molecule has 0 aliphatic carbocycles. The Morgan fingerprint density at radius 1 is 1.12 bits per heavy atom. The zero-order chi connectivity index (χ0) is 30.6. The van der Waals surface area contributed by atoms with Gasteiger partial charge in [0, 0.05) is 29.2 Å². The molecule has 7 nitrogen and oxygen atoms in total. The molecule has 1 aliphatic rings. The number of hydrogen-bond donors (Lipinski definition) is 4. The number of halogens is 7. The van der Waals surface area contributed by atoms with Crippen molar-refractivity contribution in [1.82, 2.24) is 5.32 Å². The molecular formula is C26H25Cl2F5N2O5. The monoisotopic (exact) mass is 610 g/mol. The summed E-state index contributed by atoms with van der Waals surface area (Å²) >= 11 is 11.9. The predicted octanol–water partition coefficient (Wildman–Crippen LogP) is 5.67. The van der Waals surface area contributed by atoms with Crippen LogP contribution in [0.5, 0.6) is 0 Å². The van der Waals surface area contributed by atoms with Crippen LogP contribution in [0.3, 0.4) is 0 Å². The van der Waals surface area contributed by atoms with Crippen molar-refractivity contribution in [3.63, 3.8) is 0 Å². The molecule has 1 fully saturated rings. The van der Waals surface area contributed by atoms with Gasteiger partial charge in [0.05, 0.1) is 11.1 Å². The standard InChI is InChI=1S/C24H24Cl2F2N2O3.C2HF3O2/c1-23(2,8-9-31)11-18-24(12-29,15-7-6-13(25)10-17(15)27)19(21(30-18)22(32)33)14-4-3-5-16(26)20(14)28;3-2(4,5)1(6)7/h3-7,10,18-19,21,30-31H,8-9,11H2,1-2H3,(H,32,33);(H,6,7)/t18-,19-,21+,24-;/m0./s1. The van der Waals surface area contributed by atoms with Crippen LogP contribution in [0, 0.1) is 28.4 Å². The summed E-state index contributed by atoms with van der Waals surface area (Å²) in [7, 11) is 0. The number of nitrogens with one attached hydrogen (secondary N) is 1. The van der Waals surface area contributed by atoms with E-state index < -0.39 is 58.6 Å². The van der Waals surface area contributed by atoms with Gasteiger partial charge in [0.15, 0.2) is 0 Å². The second-order valence-electron chi connectivity index (χ2n) is 9.91. The predicted molar refractivity (Wildman–Crippen MR) is 135 cm³/mol. The van der Waals surface area contributed by atoms with Gasteiger partial charge in [-0.2, -0.15) is 18.4 Å². The maximum atomic E-state index is 15.3. The third-order valence-corrected chi connectivity index (χ3v) is 7.21. The topological polar surface area (TPSA) is 131 Å². The van der Waals surface area contributed by atoms with Crippen LogP contribution >= 0.6 is 23.2 Å². The Bertz CT molecular complexity index is 1300. The highest BCUT2D eigenvalue weighted by Gasteiger charge is 2.61. The van der Waals surface area contributed by atoms with Gasteiger partial charge in [-0.1, -0.05) is 55.2 Å². The SMILES string of the molecule is CC(C)(CCO)C[C@@H]1N[C@@H](C(=O)O)[C@H](c2cccc(Cl)c2F)[C@@]1(C#N)c1ccc(Cl)cc1F.O=C(O)C(F)(F)F. The fourth-order valence-electron chi connectivity index (χ4n) is 4.89. The first-order valence-electron chi connectivity index (χ1n) is 11.6. The quantitative estimate of drug-likeness (QED) is 0.297. The number of aliphatic carboxylic acids is 2. The summed E-state index contributed by atoms with van der Waals surface area (Å²) in [6.07, 6.45) is -4.50. The van der Waals surface area contributed by atoms with Crippen LogP contribution in [0.15, 0.2) is 36.4 Å². The molecule has 2 aromatic carbocycles. The third-order valence-electron chi connectivity index (χ3n) is 6.69. The molecule has 218 valence electrons. The highest BCUT2D eigenvalue weighted by atomic mass is 35.5. The summed E-state index contributed by atoms with van der Waals surface area (Å²) in [4.78, 5) is 21.2. The Labute approximate surface area is 236 Å². The van der Waals surface area contributed by atoms with Crippen molar-refractivity contribution in [3.05, 3.63) is 69.2 Å². The number of alkyl halides is 3. The highest BCUT2D eigenvalue weighted by molar-refractivity contribution is 6.31. The number of carboxylic acid groups (broad SMARTS) is 2. The fraction of sp³-hybridized carbons (Fsp3) is 0.423. The van der Waals surface area contributed by atoms with Crippen LogP contribution in [-0.4, -0.2) is 52.1 Å². The zero-order valence-electron chi connectivity index (χ0n) is 21.1. The number of carbonyl (C=O) groups is 2. The Morgan fingerprint density at radius 3 is 2.20 bits per heavy atom. The molecule has 2 aromatic rings. The van der Waals surface area contributed by atoms with Gasteiger partial charge in [-0.3, -0.25) is 10.1 Å². The molecule has 14 heteroatoms. The van der Waals surface area contributed by atoms with Crippen molar-refractivity contribution in [3.8, 4) is 6.07 Å². The van der Waals surface area contributed by atoms with Crippen LogP contribution in [0.4, 0.5) is 22.0 Å². The number of aliphatic hydroxyl groups excluding tert-OH is 1. The van der Waals surface area contributed by atoms with Crippen LogP contribution in [0.2, 0.25) is 10.0 Å². The van der Waals surface area contributed by atoms with Crippen molar-refractivity contribution in [2.45, 2.75) is 56.3 Å². The van der Waals surface area contributed by atoms with E-state index in [2.05, 4.69) is 11.4 Å². The van der Waals surface area contributed by atoms with E-state index in [1.165, 1.54) is 30.3 Å². The van der Waals surface area contributed by atoms with E-state index in [-0.39, 0.29) is 34.2 Å². The number of nitriles is 1. The smallest absolute Gasteiger partial charge is 0.480 e. The van der Waals surface area contributed by atoms with E-state index in [0.29, 0.717) is 6.42 Å². The first-order chi connectivity index (χ1) is 18.4. The van der Waals surface area contributed by atoms with Gasteiger partial charge in [0.1, 0.15) is 23.1 Å². The Morgan fingerprint density at radius 2 is 1.73 bits per heavy atom. The summed E-state index contributed by atoms with van der Waals surface area (Å²) in [6, 6.07) is 7.83. The Kier molecular flexibility index (Phi) is 10.5. The number of aliphatic hydroxyl groups is 1. The van der Waals surface area contributed by atoms with Gasteiger partial charge in [-0.15, -0.1) is 0 Å². The van der Waals surface area contributed by atoms with Crippen molar-refractivity contribution in [2.75, 3.05) is 6.61 Å². The third kappa shape index (κ3) is 7.01. The van der Waals surface area contributed by atoms with E-state index in [1.807, 2.05) is 13.8 Å². The van der Waals surface area contributed by atoms with Crippen molar-refractivity contribution >= 4 is 35.1 Å². The molecule has 0 amide bonds. The van der Waals surface area contributed by atoms with E-state index in [0.717, 1.165) is 6.07 Å². The van der Waals surface area contributed by atoms with Gasteiger partial charge >= 0.3 is 18.1 Å². The normalized spacial score (nSPS) is 22.7. The van der Waals surface area contributed by atoms with Gasteiger partial charge in [-0.05, 0) is 42.0 Å². The summed E-state index contributed by atoms with van der Waals surface area (Å²) < 4.78 is 62.3. The Hall–Kier alpha value is -2.98. The van der Waals surface area contributed by atoms with E-state index in [1.54, 1.807) is 0 Å². The summed E-state index contributed by atoms with van der Waals surface area (Å²) in [5.41, 5.74) is -2.53. The molecule has 1 saturated heterocycles. The fourth-order valence-corrected chi connectivity index (χ4v) is 5.23. The van der Waals surface area contributed by atoms with Crippen molar-refractivity contribution in [1.29, 1.82) is 5.26 Å². The molecule has 0 aromatic heterocycles. The number of carboxylic acids is 2. The molecule has 4 N–H and O–H groups in total. The summed E-state index contributed by atoms with van der Waals surface area (Å²) in [5.74, 6) is -7.02. The summed E-state index contributed by atoms with van der Waals surface area (Å²) in [5, 5.41) is 40.0. The molecule has 0 radical (unpaired) electrons. The van der Waals surface area contributed by atoms with E-state index >= 15 is 8.78 Å². The zero-order valence-corrected chi connectivity index (χ0v) is 22.6. The Balaban J connectivity index is 0.000000708. The maximum absolute atomic E-state index is 15.3. The number of hydrogen-bond acceptors (Lipinski definition) is 5. The minimum atomic E-state index is -5.08. The van der Waals surface area contributed by atoms with Crippen LogP contribution in [0.25, 0.3) is 0 Å². The number of nitrogens with zero attached hydrogens (tertiary/aromatic N) is 1. The average Bonchev–Trinajstić information content (AvgIpc) is 3.14. The van der Waals surface area contributed by atoms with Crippen LogP contribution < -0.4 is 5.32 Å². The van der Waals surface area contributed by atoms with Crippen LogP contribution in [0.1, 0.15) is 43.7 Å². The molecule has 1 heterocycles. The molecule has 4 atom stereocenters. The number of rotatable bonds is 7. The van der Waals surface area contributed by atoms with Crippen LogP contribution in [-0.2, 0) is 15.0 Å². The summed E-state index contributed by atoms with van der Waals surface area (Å²) in [6.45, 7) is 3.59. The lowest BCUT2D eigenvalue weighted by Gasteiger charge is -2.38. The molecule has 0 spiro atoms. The van der Waals surface area contributed by atoms with Gasteiger partial charge in [0.2, 0.25) is 0 Å². The first-order valence-corrected chi connectivity index (χ1v) is 12.4. The number of benzene rings is 2. The molecule has 40 heavy (non-hydrogen) atoms. The lowest BCUT2D eigenvalue weighted by Crippen LogP contribution is -2.45. The molecular weight excluding hydrogens is 586 g/mol. The van der Waals surface area contributed by atoms with Gasteiger partial charge < -0.3 is 15.3 Å². The maximum Gasteiger partial charge on any atom is 0.490 e. The lowest BCUT2D eigenvalue weighted by atomic mass is 9.62. The molecule has 1 aliphatic heterocycles. The molecule has 3 rings (SSSR count). The van der Waals surface area contributed by atoms with E-state index in [4.69, 9.17) is 33.1 Å². The van der Waals surface area contributed by atoms with E-state index in [9.17, 15) is 33.4 Å². The highest BCUT2D eigenvalue weighted by Crippen LogP contribution is 2.53. The van der Waals surface area contributed by atoms with Gasteiger partial charge in [-0.25, -0.2) is 13.6 Å². The second kappa shape index (κ2) is 12.7. The minimum Gasteiger partial charge on any atom is -0.480 e. The van der Waals surface area contributed by atoms with Crippen molar-refractivity contribution < 1.29 is 46.9 Å². The van der Waals surface area contributed by atoms with Gasteiger partial charge in [0.25, 0.3) is 0 Å². The lowest BCUT2D eigenvalue weighted by molar-refractivity contribution is -0.192. The van der Waals surface area contributed by atoms with Crippen molar-refractivity contribution in [2.24, 2.45) is 5.41 Å². The average molecular weight is 611 g/mol. The largest absolute Gasteiger partial charge is 0.490 e. The molecule has 0 unspecified atom stereocenters. The molecule has 0 saturated carbocycles. The minimum absolute atomic E-state index is 0.0835. The second-order valence-corrected chi connectivity index (χ2v) is 10.7.